The zero-order chi connectivity index (χ0) is 11.0. The zero-order valence-electron chi connectivity index (χ0n) is 8.53. The third kappa shape index (κ3) is 1.69. The average molecular weight is 273 g/mol. The lowest BCUT2D eigenvalue weighted by Gasteiger charge is -2.22. The number of nitrogens with zero attached hydrogens (tertiary/aromatic N) is 2. The van der Waals surface area contributed by atoms with E-state index in [9.17, 15) is 4.79 Å². The van der Waals surface area contributed by atoms with Crippen molar-refractivity contribution in [2.75, 3.05) is 0 Å². The highest BCUT2D eigenvalue weighted by Gasteiger charge is 2.31. The van der Waals surface area contributed by atoms with Gasteiger partial charge in [0.1, 0.15) is 10.4 Å². The van der Waals surface area contributed by atoms with Crippen molar-refractivity contribution in [2.45, 2.75) is 38.6 Å². The van der Waals surface area contributed by atoms with Crippen LogP contribution >= 0.6 is 15.9 Å². The molecule has 15 heavy (non-hydrogen) atoms. The Morgan fingerprint density at radius 2 is 2.47 bits per heavy atom. The molecule has 82 valence electrons. The Hall–Kier alpha value is -0.840. The molecule has 0 aliphatic carbocycles. The van der Waals surface area contributed by atoms with Crippen LogP contribution in [-0.4, -0.2) is 20.6 Å². The minimum Gasteiger partial charge on any atom is -0.481 e. The van der Waals surface area contributed by atoms with E-state index in [0.717, 1.165) is 30.9 Å². The molecule has 1 aromatic rings. The summed E-state index contributed by atoms with van der Waals surface area (Å²) in [5.41, 5.74) is 0.839. The second kappa shape index (κ2) is 3.96. The number of imidazole rings is 1. The molecule has 2 heterocycles. The summed E-state index contributed by atoms with van der Waals surface area (Å²) in [6.07, 6.45) is 2.47. The summed E-state index contributed by atoms with van der Waals surface area (Å²) in [5.74, 6) is -0.178. The standard InChI is InChI=1S/C10H13BrN2O2/c1-2-7-12-9(11)8-6(10(14)15)4-3-5-13(7)8/h6H,2-5H2,1H3,(H,14,15). The highest BCUT2D eigenvalue weighted by molar-refractivity contribution is 9.10. The van der Waals surface area contributed by atoms with Crippen molar-refractivity contribution < 1.29 is 9.90 Å². The maximum Gasteiger partial charge on any atom is 0.312 e. The van der Waals surface area contributed by atoms with Crippen molar-refractivity contribution in [3.63, 3.8) is 0 Å². The van der Waals surface area contributed by atoms with Gasteiger partial charge in [-0.1, -0.05) is 6.92 Å². The predicted molar refractivity (Wildman–Crippen MR) is 58.9 cm³/mol. The molecule has 4 nitrogen and oxygen atoms in total. The van der Waals surface area contributed by atoms with Crippen molar-refractivity contribution in [1.82, 2.24) is 9.55 Å². The van der Waals surface area contributed by atoms with Gasteiger partial charge in [-0.3, -0.25) is 4.79 Å². The molecule has 1 N–H and O–H groups in total. The first kappa shape index (κ1) is 10.7. The van der Waals surface area contributed by atoms with Gasteiger partial charge in [0.2, 0.25) is 0 Å². The molecule has 5 heteroatoms. The molecule has 0 saturated heterocycles. The fourth-order valence-electron chi connectivity index (χ4n) is 2.16. The van der Waals surface area contributed by atoms with E-state index in [1.807, 2.05) is 11.5 Å². The second-order valence-electron chi connectivity index (χ2n) is 3.74. The first-order chi connectivity index (χ1) is 7.15. The van der Waals surface area contributed by atoms with E-state index in [4.69, 9.17) is 5.11 Å². The van der Waals surface area contributed by atoms with Crippen LogP contribution in [0.2, 0.25) is 0 Å². The monoisotopic (exact) mass is 272 g/mol. The number of fused-ring (bicyclic) bond motifs is 1. The molecule has 2 rings (SSSR count). The molecular formula is C10H13BrN2O2. The van der Waals surface area contributed by atoms with Crippen molar-refractivity contribution in [1.29, 1.82) is 0 Å². The van der Waals surface area contributed by atoms with Crippen molar-refractivity contribution in [3.8, 4) is 0 Å². The number of carboxylic acids is 1. The van der Waals surface area contributed by atoms with E-state index < -0.39 is 11.9 Å². The summed E-state index contributed by atoms with van der Waals surface area (Å²) in [6.45, 7) is 2.92. The Balaban J connectivity index is 2.51. The number of carboxylic acid groups (broad SMARTS) is 1. The maximum absolute atomic E-state index is 11.1. The van der Waals surface area contributed by atoms with Gasteiger partial charge >= 0.3 is 5.97 Å². The highest BCUT2D eigenvalue weighted by atomic mass is 79.9. The van der Waals surface area contributed by atoms with Crippen LogP contribution in [0.15, 0.2) is 4.60 Å². The second-order valence-corrected chi connectivity index (χ2v) is 4.49. The van der Waals surface area contributed by atoms with Gasteiger partial charge in [-0.25, -0.2) is 4.98 Å². The summed E-state index contributed by atoms with van der Waals surface area (Å²) in [4.78, 5) is 15.5. The van der Waals surface area contributed by atoms with E-state index in [2.05, 4.69) is 20.9 Å². The number of aromatic nitrogens is 2. The summed E-state index contributed by atoms with van der Waals surface area (Å²) < 4.78 is 2.75. The summed E-state index contributed by atoms with van der Waals surface area (Å²) >= 11 is 3.36. The normalized spacial score (nSPS) is 20.0. The number of hydrogen-bond acceptors (Lipinski definition) is 2. The van der Waals surface area contributed by atoms with Gasteiger partial charge in [-0.2, -0.15) is 0 Å². The topological polar surface area (TPSA) is 55.1 Å². The number of aryl methyl sites for hydroxylation is 1. The highest BCUT2D eigenvalue weighted by Crippen LogP contribution is 2.34. The molecule has 1 aliphatic rings. The van der Waals surface area contributed by atoms with Gasteiger partial charge < -0.3 is 9.67 Å². The van der Waals surface area contributed by atoms with E-state index in [1.165, 1.54) is 0 Å². The van der Waals surface area contributed by atoms with Gasteiger partial charge in [-0.05, 0) is 28.8 Å². The molecule has 0 saturated carbocycles. The van der Waals surface area contributed by atoms with E-state index >= 15 is 0 Å². The lowest BCUT2D eigenvalue weighted by molar-refractivity contribution is -0.139. The van der Waals surface area contributed by atoms with Gasteiger partial charge in [0, 0.05) is 13.0 Å². The predicted octanol–water partition coefficient (Wildman–Crippen LogP) is 2.17. The Morgan fingerprint density at radius 3 is 3.07 bits per heavy atom. The third-order valence-electron chi connectivity index (χ3n) is 2.86. The average Bonchev–Trinajstić information content (AvgIpc) is 2.55. The molecule has 0 fully saturated rings. The Labute approximate surface area is 96.4 Å². The smallest absolute Gasteiger partial charge is 0.312 e. The SMILES string of the molecule is CCc1nc(Br)c2n1CCCC2C(=O)O. The molecule has 1 unspecified atom stereocenters. The zero-order valence-corrected chi connectivity index (χ0v) is 10.1. The first-order valence-electron chi connectivity index (χ1n) is 5.12. The molecule has 0 spiro atoms. The summed E-state index contributed by atoms with van der Waals surface area (Å²) in [7, 11) is 0. The largest absolute Gasteiger partial charge is 0.481 e. The molecule has 1 atom stereocenters. The van der Waals surface area contributed by atoms with Crippen molar-refractivity contribution in [3.05, 3.63) is 16.1 Å². The number of halogens is 1. The van der Waals surface area contributed by atoms with Crippen LogP contribution in [-0.2, 0) is 17.8 Å². The number of carbonyl (C=O) groups is 1. The van der Waals surface area contributed by atoms with Crippen LogP contribution < -0.4 is 0 Å². The Bertz CT molecular complexity index is 400. The van der Waals surface area contributed by atoms with Gasteiger partial charge in [0.15, 0.2) is 0 Å². The molecule has 1 aliphatic heterocycles. The van der Waals surface area contributed by atoms with Crippen LogP contribution in [0.3, 0.4) is 0 Å². The van der Waals surface area contributed by atoms with Crippen molar-refractivity contribution in [2.24, 2.45) is 0 Å². The lowest BCUT2D eigenvalue weighted by Crippen LogP contribution is -2.22. The number of rotatable bonds is 2. The molecule has 0 amide bonds. The summed E-state index contributed by atoms with van der Waals surface area (Å²) in [5, 5.41) is 9.13. The van der Waals surface area contributed by atoms with Crippen LogP contribution in [0.5, 0.6) is 0 Å². The lowest BCUT2D eigenvalue weighted by atomic mass is 9.96. The van der Waals surface area contributed by atoms with Crippen molar-refractivity contribution >= 4 is 21.9 Å². The van der Waals surface area contributed by atoms with Crippen LogP contribution in [0, 0.1) is 0 Å². The van der Waals surface area contributed by atoms with E-state index in [0.29, 0.717) is 11.0 Å². The number of hydrogen-bond donors (Lipinski definition) is 1. The number of aliphatic carboxylic acids is 1. The minimum atomic E-state index is -0.751. The molecule has 1 aromatic heterocycles. The Kier molecular flexibility index (Phi) is 2.82. The van der Waals surface area contributed by atoms with Crippen LogP contribution in [0.1, 0.15) is 37.2 Å². The van der Waals surface area contributed by atoms with Gasteiger partial charge in [-0.15, -0.1) is 0 Å². The third-order valence-corrected chi connectivity index (χ3v) is 3.44. The molecule has 0 bridgehead atoms. The van der Waals surface area contributed by atoms with Gasteiger partial charge in [0.25, 0.3) is 0 Å². The summed E-state index contributed by atoms with van der Waals surface area (Å²) in [6, 6.07) is 0. The molecule has 0 radical (unpaired) electrons. The molecular weight excluding hydrogens is 260 g/mol. The fraction of sp³-hybridized carbons (Fsp3) is 0.600. The minimum absolute atomic E-state index is 0.402. The van der Waals surface area contributed by atoms with Crippen LogP contribution in [0.4, 0.5) is 0 Å². The van der Waals surface area contributed by atoms with Crippen LogP contribution in [0.25, 0.3) is 0 Å². The Morgan fingerprint density at radius 1 is 1.73 bits per heavy atom. The van der Waals surface area contributed by atoms with E-state index in [1.54, 1.807) is 0 Å². The van der Waals surface area contributed by atoms with E-state index in [-0.39, 0.29) is 0 Å². The first-order valence-corrected chi connectivity index (χ1v) is 5.92. The van der Waals surface area contributed by atoms with Gasteiger partial charge in [0.05, 0.1) is 11.6 Å². The fourth-order valence-corrected chi connectivity index (χ4v) is 2.86. The molecule has 0 aromatic carbocycles. The maximum atomic E-state index is 11.1. The quantitative estimate of drug-likeness (QED) is 0.898.